The maximum absolute atomic E-state index is 12.1. The van der Waals surface area contributed by atoms with Crippen LogP contribution in [-0.2, 0) is 10.0 Å². The van der Waals surface area contributed by atoms with Gasteiger partial charge in [-0.2, -0.15) is 0 Å². The SMILES string of the molecule is CC(C)NS(=O)(=O)c1ccc(NC(C)(C)C)c(C(=O)O)c1. The van der Waals surface area contributed by atoms with Crippen molar-refractivity contribution in [2.45, 2.75) is 51.1 Å². The van der Waals surface area contributed by atoms with E-state index < -0.39 is 16.0 Å². The fourth-order valence-corrected chi connectivity index (χ4v) is 3.04. The van der Waals surface area contributed by atoms with Crippen LogP contribution in [0.5, 0.6) is 0 Å². The van der Waals surface area contributed by atoms with Crippen molar-refractivity contribution in [2.24, 2.45) is 0 Å². The van der Waals surface area contributed by atoms with E-state index in [0.717, 1.165) is 0 Å². The van der Waals surface area contributed by atoms with E-state index in [9.17, 15) is 18.3 Å². The van der Waals surface area contributed by atoms with Crippen molar-refractivity contribution in [1.82, 2.24) is 4.72 Å². The zero-order valence-electron chi connectivity index (χ0n) is 12.9. The van der Waals surface area contributed by atoms with Gasteiger partial charge in [0.2, 0.25) is 10.0 Å². The lowest BCUT2D eigenvalue weighted by atomic mass is 10.1. The summed E-state index contributed by atoms with van der Waals surface area (Å²) in [5, 5.41) is 12.3. The maximum Gasteiger partial charge on any atom is 0.337 e. The molecule has 0 aromatic heterocycles. The van der Waals surface area contributed by atoms with Gasteiger partial charge in [0.05, 0.1) is 10.5 Å². The number of hydrogen-bond donors (Lipinski definition) is 3. The van der Waals surface area contributed by atoms with Crippen molar-refractivity contribution in [2.75, 3.05) is 5.32 Å². The molecule has 0 saturated carbocycles. The summed E-state index contributed by atoms with van der Waals surface area (Å²) in [7, 11) is -3.72. The van der Waals surface area contributed by atoms with E-state index in [4.69, 9.17) is 0 Å². The second kappa shape index (κ2) is 6.03. The Kier molecular flexibility index (Phi) is 5.01. The van der Waals surface area contributed by atoms with Crippen LogP contribution in [0.15, 0.2) is 23.1 Å². The smallest absolute Gasteiger partial charge is 0.337 e. The van der Waals surface area contributed by atoms with Gasteiger partial charge in [0.15, 0.2) is 0 Å². The van der Waals surface area contributed by atoms with E-state index in [1.165, 1.54) is 18.2 Å². The van der Waals surface area contributed by atoms with Gasteiger partial charge in [0, 0.05) is 17.3 Å². The average Bonchev–Trinajstić information content (AvgIpc) is 2.24. The van der Waals surface area contributed by atoms with Crippen LogP contribution in [0, 0.1) is 0 Å². The summed E-state index contributed by atoms with van der Waals surface area (Å²) in [4.78, 5) is 11.3. The summed E-state index contributed by atoms with van der Waals surface area (Å²) in [6, 6.07) is 3.77. The van der Waals surface area contributed by atoms with Gasteiger partial charge in [0.1, 0.15) is 0 Å². The molecular formula is C14H22N2O4S. The highest BCUT2D eigenvalue weighted by Gasteiger charge is 2.21. The molecule has 21 heavy (non-hydrogen) atoms. The molecular weight excluding hydrogens is 292 g/mol. The van der Waals surface area contributed by atoms with E-state index in [2.05, 4.69) is 10.0 Å². The Labute approximate surface area is 125 Å². The van der Waals surface area contributed by atoms with Gasteiger partial charge in [-0.1, -0.05) is 0 Å². The van der Waals surface area contributed by atoms with Gasteiger partial charge in [-0.05, 0) is 52.8 Å². The molecule has 0 unspecified atom stereocenters. The maximum atomic E-state index is 12.1. The molecule has 7 heteroatoms. The highest BCUT2D eigenvalue weighted by molar-refractivity contribution is 7.89. The van der Waals surface area contributed by atoms with Crippen molar-refractivity contribution in [3.05, 3.63) is 23.8 Å². The molecule has 0 aliphatic heterocycles. The van der Waals surface area contributed by atoms with E-state index in [-0.39, 0.29) is 22.0 Å². The van der Waals surface area contributed by atoms with Gasteiger partial charge >= 0.3 is 5.97 Å². The number of aromatic carboxylic acids is 1. The minimum absolute atomic E-state index is 0.0620. The summed E-state index contributed by atoms with van der Waals surface area (Å²) in [5.74, 6) is -1.18. The standard InChI is InChI=1S/C14H22N2O4S/c1-9(2)16-21(19,20)10-6-7-12(15-14(3,4)5)11(8-10)13(17)18/h6-9,15-16H,1-5H3,(H,17,18). The Morgan fingerprint density at radius 2 is 1.81 bits per heavy atom. The van der Waals surface area contributed by atoms with Crippen LogP contribution in [-0.4, -0.2) is 31.1 Å². The molecule has 1 aromatic carbocycles. The van der Waals surface area contributed by atoms with E-state index >= 15 is 0 Å². The summed E-state index contributed by atoms with van der Waals surface area (Å²) in [5.41, 5.74) is -0.0177. The van der Waals surface area contributed by atoms with E-state index in [0.29, 0.717) is 5.69 Å². The molecule has 1 rings (SSSR count). The molecule has 0 spiro atoms. The molecule has 0 atom stereocenters. The van der Waals surface area contributed by atoms with Crippen molar-refractivity contribution in [3.8, 4) is 0 Å². The van der Waals surface area contributed by atoms with Gasteiger partial charge in [0.25, 0.3) is 0 Å². The number of carboxylic acids is 1. The third-order valence-electron chi connectivity index (χ3n) is 2.43. The van der Waals surface area contributed by atoms with E-state index in [1.807, 2.05) is 20.8 Å². The van der Waals surface area contributed by atoms with Crippen LogP contribution in [0.25, 0.3) is 0 Å². The van der Waals surface area contributed by atoms with Gasteiger partial charge in [-0.25, -0.2) is 17.9 Å². The fourth-order valence-electron chi connectivity index (χ4n) is 1.76. The second-order valence-corrected chi connectivity index (χ2v) is 7.88. The molecule has 0 bridgehead atoms. The first-order valence-electron chi connectivity index (χ1n) is 6.60. The predicted octanol–water partition coefficient (Wildman–Crippen LogP) is 2.28. The molecule has 6 nitrogen and oxygen atoms in total. The fraction of sp³-hybridized carbons (Fsp3) is 0.500. The number of rotatable bonds is 5. The summed E-state index contributed by atoms with van der Waals surface area (Å²) in [6.45, 7) is 9.08. The lowest BCUT2D eigenvalue weighted by Gasteiger charge is -2.23. The van der Waals surface area contributed by atoms with Crippen molar-refractivity contribution >= 4 is 21.7 Å². The Morgan fingerprint density at radius 1 is 1.24 bits per heavy atom. The Balaban J connectivity index is 3.30. The molecule has 0 aliphatic carbocycles. The molecule has 0 fully saturated rings. The molecule has 0 amide bonds. The third-order valence-corrected chi connectivity index (χ3v) is 4.09. The monoisotopic (exact) mass is 314 g/mol. The predicted molar refractivity (Wildman–Crippen MR) is 82.2 cm³/mol. The van der Waals surface area contributed by atoms with E-state index in [1.54, 1.807) is 13.8 Å². The number of nitrogens with one attached hydrogen (secondary N) is 2. The topological polar surface area (TPSA) is 95.5 Å². The molecule has 0 aliphatic rings. The van der Waals surface area contributed by atoms with Crippen LogP contribution >= 0.6 is 0 Å². The normalized spacial score (nSPS) is 12.5. The summed E-state index contributed by atoms with van der Waals surface area (Å²) < 4.78 is 26.6. The number of carbonyl (C=O) groups is 1. The first kappa shape index (κ1) is 17.5. The number of hydrogen-bond acceptors (Lipinski definition) is 4. The largest absolute Gasteiger partial charge is 0.478 e. The lowest BCUT2D eigenvalue weighted by molar-refractivity contribution is 0.0697. The number of benzene rings is 1. The van der Waals surface area contributed by atoms with Crippen LogP contribution in [0.3, 0.4) is 0 Å². The number of anilines is 1. The summed E-state index contributed by atoms with van der Waals surface area (Å²) >= 11 is 0. The second-order valence-electron chi connectivity index (χ2n) is 6.16. The first-order valence-corrected chi connectivity index (χ1v) is 8.08. The zero-order valence-corrected chi connectivity index (χ0v) is 13.7. The quantitative estimate of drug-likeness (QED) is 0.775. The van der Waals surface area contributed by atoms with Gasteiger partial charge < -0.3 is 10.4 Å². The van der Waals surface area contributed by atoms with Crippen LogP contribution < -0.4 is 10.0 Å². The summed E-state index contributed by atoms with van der Waals surface area (Å²) in [6.07, 6.45) is 0. The van der Waals surface area contributed by atoms with Crippen molar-refractivity contribution in [3.63, 3.8) is 0 Å². The Hall–Kier alpha value is -1.60. The van der Waals surface area contributed by atoms with Gasteiger partial charge in [-0.3, -0.25) is 0 Å². The van der Waals surface area contributed by atoms with Crippen LogP contribution in [0.4, 0.5) is 5.69 Å². The van der Waals surface area contributed by atoms with Crippen LogP contribution in [0.1, 0.15) is 45.0 Å². The zero-order chi connectivity index (χ0) is 16.4. The molecule has 1 aromatic rings. The molecule has 0 heterocycles. The lowest BCUT2D eigenvalue weighted by Crippen LogP contribution is -2.31. The molecule has 118 valence electrons. The molecule has 0 radical (unpaired) electrons. The van der Waals surface area contributed by atoms with Crippen molar-refractivity contribution < 1.29 is 18.3 Å². The minimum atomic E-state index is -3.72. The molecule has 0 saturated heterocycles. The molecule has 3 N–H and O–H groups in total. The van der Waals surface area contributed by atoms with Gasteiger partial charge in [-0.15, -0.1) is 0 Å². The minimum Gasteiger partial charge on any atom is -0.478 e. The van der Waals surface area contributed by atoms with Crippen LogP contribution in [0.2, 0.25) is 0 Å². The Bertz CT molecular complexity index is 631. The third kappa shape index (κ3) is 5.02. The number of sulfonamides is 1. The number of carboxylic acid groups (broad SMARTS) is 1. The average molecular weight is 314 g/mol. The first-order chi connectivity index (χ1) is 9.42. The Morgan fingerprint density at radius 3 is 2.24 bits per heavy atom. The highest BCUT2D eigenvalue weighted by atomic mass is 32.2. The van der Waals surface area contributed by atoms with Crippen molar-refractivity contribution in [1.29, 1.82) is 0 Å². The highest BCUT2D eigenvalue weighted by Crippen LogP contribution is 2.23.